The molecule has 3 heterocycles. The molecule has 0 radical (unpaired) electrons. The third kappa shape index (κ3) is 3.18. The van der Waals surface area contributed by atoms with Crippen LogP contribution in [0.25, 0.3) is 10.9 Å². The van der Waals surface area contributed by atoms with E-state index in [1.807, 2.05) is 0 Å². The van der Waals surface area contributed by atoms with Crippen molar-refractivity contribution in [2.45, 2.75) is 64.6 Å². The maximum absolute atomic E-state index is 12.4. The Morgan fingerprint density at radius 2 is 2.04 bits per heavy atom. The Balaban J connectivity index is 1.34. The topological polar surface area (TPSA) is 28.5 Å². The second-order valence-electron chi connectivity index (χ2n) is 9.02. The average Bonchev–Trinajstić information content (AvgIpc) is 3.43. The minimum Gasteiger partial charge on any atom is -0.348 e. The van der Waals surface area contributed by atoms with Crippen molar-refractivity contribution in [3.8, 4) is 0 Å². The normalized spacial score (nSPS) is 27.0. The largest absolute Gasteiger partial charge is 0.348 e. The summed E-state index contributed by atoms with van der Waals surface area (Å²) in [6.45, 7) is 7.59. The molecule has 3 aliphatic rings. The monoisotopic (exact) mass is 365 g/mol. The smallest absolute Gasteiger partial charge is 0.222 e. The Kier molecular flexibility index (Phi) is 4.27. The van der Waals surface area contributed by atoms with Crippen LogP contribution < -0.4 is 0 Å². The molecule has 1 amide bonds. The zero-order valence-corrected chi connectivity index (χ0v) is 16.5. The molecule has 2 saturated heterocycles. The van der Waals surface area contributed by atoms with Crippen molar-refractivity contribution < 1.29 is 4.79 Å². The van der Waals surface area contributed by atoms with E-state index in [2.05, 4.69) is 51.8 Å². The van der Waals surface area contributed by atoms with Gasteiger partial charge in [0, 0.05) is 61.2 Å². The first-order valence-electron chi connectivity index (χ1n) is 10.8. The molecule has 1 spiro atoms. The molecule has 1 aromatic carbocycles. The van der Waals surface area contributed by atoms with Gasteiger partial charge in [-0.1, -0.05) is 12.1 Å². The van der Waals surface area contributed by atoms with Crippen LogP contribution in [0.1, 0.15) is 51.0 Å². The summed E-state index contributed by atoms with van der Waals surface area (Å²) in [5, 5.41) is 1.40. The number of aromatic nitrogens is 1. The van der Waals surface area contributed by atoms with Gasteiger partial charge in [-0.25, -0.2) is 0 Å². The lowest BCUT2D eigenvalue weighted by Crippen LogP contribution is -2.54. The minimum atomic E-state index is 0.331. The number of carbonyl (C=O) groups excluding carboxylic acids is 1. The Morgan fingerprint density at radius 3 is 2.85 bits per heavy atom. The van der Waals surface area contributed by atoms with E-state index in [-0.39, 0.29) is 0 Å². The summed E-state index contributed by atoms with van der Waals surface area (Å²) in [5.41, 5.74) is 3.13. The highest BCUT2D eigenvalue weighted by Gasteiger charge is 2.45. The highest BCUT2D eigenvalue weighted by atomic mass is 16.2. The summed E-state index contributed by atoms with van der Waals surface area (Å²) in [7, 11) is 0. The maximum Gasteiger partial charge on any atom is 0.222 e. The van der Waals surface area contributed by atoms with E-state index >= 15 is 0 Å². The van der Waals surface area contributed by atoms with Gasteiger partial charge in [0.05, 0.1) is 0 Å². The summed E-state index contributed by atoms with van der Waals surface area (Å²) in [6, 6.07) is 9.58. The number of fused-ring (bicyclic) bond motifs is 1. The summed E-state index contributed by atoms with van der Waals surface area (Å²) in [4.78, 5) is 17.2. The zero-order valence-electron chi connectivity index (χ0n) is 16.5. The molecule has 1 saturated carbocycles. The second-order valence-corrected chi connectivity index (χ2v) is 9.02. The lowest BCUT2D eigenvalue weighted by Gasteiger charge is -2.48. The molecule has 1 atom stereocenters. The number of hydrogen-bond acceptors (Lipinski definition) is 2. The Hall–Kier alpha value is -1.81. The molecule has 1 aliphatic carbocycles. The minimum absolute atomic E-state index is 0.331. The molecule has 4 nitrogen and oxygen atoms in total. The zero-order chi connectivity index (χ0) is 18.4. The van der Waals surface area contributed by atoms with Crippen molar-refractivity contribution in [1.82, 2.24) is 14.4 Å². The molecule has 0 bridgehead atoms. The third-order valence-electron chi connectivity index (χ3n) is 7.06. The molecule has 3 fully saturated rings. The van der Waals surface area contributed by atoms with E-state index in [9.17, 15) is 4.79 Å². The van der Waals surface area contributed by atoms with E-state index in [4.69, 9.17) is 0 Å². The van der Waals surface area contributed by atoms with Crippen LogP contribution in [-0.4, -0.2) is 46.0 Å². The predicted octanol–water partition coefficient (Wildman–Crippen LogP) is 4.03. The molecule has 0 N–H and O–H groups in total. The van der Waals surface area contributed by atoms with E-state index in [1.54, 1.807) is 0 Å². The van der Waals surface area contributed by atoms with Crippen molar-refractivity contribution in [2.75, 3.05) is 19.6 Å². The number of carbonyl (C=O) groups is 1. The number of aryl methyl sites for hydroxylation is 1. The van der Waals surface area contributed by atoms with Gasteiger partial charge in [-0.05, 0) is 63.3 Å². The van der Waals surface area contributed by atoms with Crippen LogP contribution in [0.5, 0.6) is 0 Å². The van der Waals surface area contributed by atoms with Crippen LogP contribution in [0.15, 0.2) is 30.5 Å². The number of hydrogen-bond donors (Lipinski definition) is 0. The molecule has 5 rings (SSSR count). The van der Waals surface area contributed by atoms with Gasteiger partial charge in [0.25, 0.3) is 0 Å². The van der Waals surface area contributed by atoms with Gasteiger partial charge in [-0.2, -0.15) is 0 Å². The molecule has 27 heavy (non-hydrogen) atoms. The molecule has 144 valence electrons. The quantitative estimate of drug-likeness (QED) is 0.818. The Bertz CT molecular complexity index is 852. The van der Waals surface area contributed by atoms with Gasteiger partial charge >= 0.3 is 0 Å². The average molecular weight is 366 g/mol. The second kappa shape index (κ2) is 6.66. The van der Waals surface area contributed by atoms with Crippen LogP contribution in [0, 0.1) is 5.41 Å². The Labute approximate surface area is 162 Å². The van der Waals surface area contributed by atoms with Crippen molar-refractivity contribution >= 4 is 16.8 Å². The van der Waals surface area contributed by atoms with Gasteiger partial charge in [0.2, 0.25) is 5.91 Å². The molecular weight excluding hydrogens is 334 g/mol. The first kappa shape index (κ1) is 17.3. The van der Waals surface area contributed by atoms with E-state index in [0.717, 1.165) is 39.0 Å². The van der Waals surface area contributed by atoms with E-state index in [1.165, 1.54) is 48.7 Å². The summed E-state index contributed by atoms with van der Waals surface area (Å²) in [5.74, 6) is 0.408. The van der Waals surface area contributed by atoms with Crippen molar-refractivity contribution in [3.63, 3.8) is 0 Å². The standard InChI is InChI=1S/C23H31N3O/c1-2-25-14-10-20-18(5-3-6-21(20)25)15-24-13-4-11-23(16-24)12-9-22(27)26(17-23)19-7-8-19/h3,5-6,10,14,19H,2,4,7-9,11-13,15-17H2,1H3. The Morgan fingerprint density at radius 1 is 1.15 bits per heavy atom. The van der Waals surface area contributed by atoms with Crippen LogP contribution in [-0.2, 0) is 17.9 Å². The van der Waals surface area contributed by atoms with Crippen LogP contribution in [0.2, 0.25) is 0 Å². The molecule has 1 unspecified atom stereocenters. The van der Waals surface area contributed by atoms with Crippen molar-refractivity contribution in [2.24, 2.45) is 5.41 Å². The van der Waals surface area contributed by atoms with Gasteiger partial charge in [-0.15, -0.1) is 0 Å². The molecule has 4 heteroatoms. The lowest BCUT2D eigenvalue weighted by molar-refractivity contribution is -0.140. The third-order valence-corrected chi connectivity index (χ3v) is 7.06. The molecule has 2 aliphatic heterocycles. The SMILES string of the molecule is CCn1ccc2c(CN3CCCC4(CCC(=O)N(C5CC5)C4)C3)cccc21. The highest BCUT2D eigenvalue weighted by Crippen LogP contribution is 2.42. The number of piperidine rings is 2. The van der Waals surface area contributed by atoms with Gasteiger partial charge in [0.15, 0.2) is 0 Å². The maximum atomic E-state index is 12.4. The molecular formula is C23H31N3O. The fraction of sp³-hybridized carbons (Fsp3) is 0.609. The fourth-order valence-corrected chi connectivity index (χ4v) is 5.48. The summed E-state index contributed by atoms with van der Waals surface area (Å²) >= 11 is 0. The number of rotatable bonds is 4. The molecule has 1 aromatic heterocycles. The first-order valence-corrected chi connectivity index (χ1v) is 10.8. The molecule has 2 aromatic rings. The fourth-order valence-electron chi connectivity index (χ4n) is 5.48. The van der Waals surface area contributed by atoms with Crippen molar-refractivity contribution in [3.05, 3.63) is 36.0 Å². The first-order chi connectivity index (χ1) is 13.2. The van der Waals surface area contributed by atoms with E-state index in [0.29, 0.717) is 17.4 Å². The predicted molar refractivity (Wildman–Crippen MR) is 109 cm³/mol. The summed E-state index contributed by atoms with van der Waals surface area (Å²) < 4.78 is 2.33. The lowest BCUT2D eigenvalue weighted by atomic mass is 9.73. The summed E-state index contributed by atoms with van der Waals surface area (Å²) in [6.07, 6.45) is 9.06. The van der Waals surface area contributed by atoms with Crippen LogP contribution in [0.4, 0.5) is 0 Å². The number of likely N-dealkylation sites (tertiary alicyclic amines) is 2. The number of benzene rings is 1. The van der Waals surface area contributed by atoms with Gasteiger partial charge in [0.1, 0.15) is 0 Å². The van der Waals surface area contributed by atoms with Crippen LogP contribution >= 0.6 is 0 Å². The van der Waals surface area contributed by atoms with Crippen molar-refractivity contribution in [1.29, 1.82) is 0 Å². The number of amides is 1. The van der Waals surface area contributed by atoms with Gasteiger partial charge < -0.3 is 9.47 Å². The van der Waals surface area contributed by atoms with Gasteiger partial charge in [-0.3, -0.25) is 9.69 Å². The highest BCUT2D eigenvalue weighted by molar-refractivity contribution is 5.83. The van der Waals surface area contributed by atoms with E-state index < -0.39 is 0 Å². The number of nitrogens with zero attached hydrogens (tertiary/aromatic N) is 3. The van der Waals surface area contributed by atoms with Crippen LogP contribution in [0.3, 0.4) is 0 Å².